The van der Waals surface area contributed by atoms with Gasteiger partial charge >= 0.3 is 0 Å². The van der Waals surface area contributed by atoms with Crippen LogP contribution in [0.1, 0.15) is 0 Å². The van der Waals surface area contributed by atoms with Gasteiger partial charge in [-0.05, 0) is 0 Å². The summed E-state index contributed by atoms with van der Waals surface area (Å²) in [6, 6.07) is 3.49. The molecule has 0 bridgehead atoms. The van der Waals surface area contributed by atoms with E-state index < -0.39 is 0 Å². The van der Waals surface area contributed by atoms with E-state index in [1.165, 1.54) is 0 Å². The average molecular weight is 178 g/mol. The van der Waals surface area contributed by atoms with Gasteiger partial charge < -0.3 is 4.98 Å². The van der Waals surface area contributed by atoms with Gasteiger partial charge in [-0.3, -0.25) is 0 Å². The van der Waals surface area contributed by atoms with Gasteiger partial charge in [0.15, 0.2) is 0 Å². The van der Waals surface area contributed by atoms with Crippen molar-refractivity contribution in [2.24, 2.45) is 0 Å². The minimum absolute atomic E-state index is 0. The van der Waals surface area contributed by atoms with Crippen molar-refractivity contribution in [3.63, 3.8) is 0 Å². The number of hydrogen-bond donors (Lipinski definition) is 0. The number of aromatic nitrogens is 1. The molecule has 0 saturated heterocycles. The fourth-order valence-corrected chi connectivity index (χ4v) is 0.428. The van der Waals surface area contributed by atoms with Gasteiger partial charge in [-0.1, -0.05) is 17.4 Å². The third kappa shape index (κ3) is 2.39. The molecule has 0 unspecified atom stereocenters. The summed E-state index contributed by atoms with van der Waals surface area (Å²) in [5.41, 5.74) is 0. The molecule has 0 N–H and O–H groups in total. The first-order chi connectivity index (χ1) is 3.39. The van der Waals surface area contributed by atoms with Crippen molar-refractivity contribution in [2.45, 2.75) is 0 Å². The van der Waals surface area contributed by atoms with Gasteiger partial charge in [0, 0.05) is 19.5 Å². The summed E-state index contributed by atoms with van der Waals surface area (Å²) in [7, 11) is 0. The molecule has 0 atom stereocenters. The zero-order valence-electron chi connectivity index (χ0n) is 4.26. The molecule has 0 saturated carbocycles. The van der Waals surface area contributed by atoms with Crippen molar-refractivity contribution < 1.29 is 19.5 Å². The zero-order valence-corrected chi connectivity index (χ0v) is 7.99. The molecular weight excluding hydrogens is 175 g/mol. The van der Waals surface area contributed by atoms with Crippen LogP contribution in [0.5, 0.6) is 0 Å². The van der Waals surface area contributed by atoms with E-state index in [0.29, 0.717) is 5.02 Å². The van der Waals surface area contributed by atoms with Crippen molar-refractivity contribution in [2.75, 3.05) is 0 Å². The van der Waals surface area contributed by atoms with Crippen LogP contribution in [0.2, 0.25) is 5.02 Å². The Kier molecular flexibility index (Phi) is 4.03. The largest absolute Gasteiger partial charge is 0.393 e. The third-order valence-electron chi connectivity index (χ3n) is 0.575. The predicted octanol–water partition coefficient (Wildman–Crippen LogP) is 1.53. The first-order valence-corrected chi connectivity index (χ1v) is 2.25. The van der Waals surface area contributed by atoms with Crippen molar-refractivity contribution in [1.82, 2.24) is 4.98 Å². The molecule has 3 heteroatoms. The maximum Gasteiger partial charge on any atom is 0 e. The second-order valence-corrected chi connectivity index (χ2v) is 1.50. The molecule has 0 amide bonds. The van der Waals surface area contributed by atoms with Gasteiger partial charge in [-0.25, -0.2) is 0 Å². The van der Waals surface area contributed by atoms with Gasteiger partial charge in [0.05, 0.1) is 0 Å². The Bertz CT molecular complexity index is 142. The Morgan fingerprint density at radius 3 is 2.62 bits per heavy atom. The topological polar surface area (TPSA) is 12.9 Å². The van der Waals surface area contributed by atoms with Crippen LogP contribution < -0.4 is 0 Å². The quantitative estimate of drug-likeness (QED) is 0.433. The summed E-state index contributed by atoms with van der Waals surface area (Å²) < 4.78 is 0. The maximum atomic E-state index is 5.42. The summed E-state index contributed by atoms with van der Waals surface area (Å²) in [5.74, 6) is 0. The fraction of sp³-hybridized carbons (Fsp3) is 0. The minimum atomic E-state index is 0. The number of nitrogens with zero attached hydrogens (tertiary/aromatic N) is 1. The van der Waals surface area contributed by atoms with Crippen LogP contribution in [0.15, 0.2) is 18.3 Å². The van der Waals surface area contributed by atoms with E-state index in [-0.39, 0.29) is 19.5 Å². The molecular formula is C5H3ClNZn-. The molecule has 1 nitrogen and oxygen atoms in total. The van der Waals surface area contributed by atoms with Gasteiger partial charge in [-0.15, -0.1) is 17.7 Å². The molecule has 0 aliphatic rings. The van der Waals surface area contributed by atoms with Crippen molar-refractivity contribution in [3.05, 3.63) is 29.5 Å². The number of hydrogen-bond acceptors (Lipinski definition) is 1. The monoisotopic (exact) mass is 176 g/mol. The SMILES string of the molecule is Clc1[c-]nccc1.[Zn]. The van der Waals surface area contributed by atoms with Gasteiger partial charge in [0.2, 0.25) is 0 Å². The molecule has 1 aromatic rings. The molecule has 1 heterocycles. The first kappa shape index (κ1) is 8.06. The standard InChI is InChI=1S/C5H3ClN.Zn/c6-5-2-1-3-7-4-5;/h1-3H;/q-1;. The van der Waals surface area contributed by atoms with E-state index in [1.807, 2.05) is 0 Å². The van der Waals surface area contributed by atoms with Crippen molar-refractivity contribution >= 4 is 11.6 Å². The van der Waals surface area contributed by atoms with Crippen LogP contribution >= 0.6 is 11.6 Å². The van der Waals surface area contributed by atoms with Crippen LogP contribution in [-0.4, -0.2) is 4.98 Å². The molecule has 0 aliphatic carbocycles. The molecule has 8 heavy (non-hydrogen) atoms. The van der Waals surface area contributed by atoms with E-state index >= 15 is 0 Å². The first-order valence-electron chi connectivity index (χ1n) is 1.88. The maximum absolute atomic E-state index is 5.42. The second-order valence-electron chi connectivity index (χ2n) is 1.10. The Hall–Kier alpha value is 0.0634. The average Bonchev–Trinajstić information content (AvgIpc) is 1.69. The molecule has 0 fully saturated rings. The van der Waals surface area contributed by atoms with E-state index in [2.05, 4.69) is 11.2 Å². The molecule has 0 aromatic carbocycles. The van der Waals surface area contributed by atoms with E-state index in [1.54, 1.807) is 18.3 Å². The van der Waals surface area contributed by atoms with E-state index in [0.717, 1.165) is 0 Å². The smallest absolute Gasteiger partial charge is 0 e. The number of halogens is 1. The number of rotatable bonds is 0. The molecule has 0 radical (unpaired) electrons. The van der Waals surface area contributed by atoms with Gasteiger partial charge in [0.1, 0.15) is 0 Å². The summed E-state index contributed by atoms with van der Waals surface area (Å²) >= 11 is 5.42. The molecule has 1 aromatic heterocycles. The van der Waals surface area contributed by atoms with E-state index in [9.17, 15) is 0 Å². The molecule has 1 rings (SSSR count). The van der Waals surface area contributed by atoms with Crippen LogP contribution in [-0.2, 0) is 19.5 Å². The van der Waals surface area contributed by atoms with Gasteiger partial charge in [0.25, 0.3) is 0 Å². The minimum Gasteiger partial charge on any atom is -0.393 e. The summed E-state index contributed by atoms with van der Waals surface area (Å²) in [6.07, 6.45) is 4.18. The zero-order chi connectivity index (χ0) is 5.11. The third-order valence-corrected chi connectivity index (χ3v) is 0.785. The van der Waals surface area contributed by atoms with Crippen molar-refractivity contribution in [3.8, 4) is 0 Å². The van der Waals surface area contributed by atoms with Crippen molar-refractivity contribution in [1.29, 1.82) is 0 Å². The van der Waals surface area contributed by atoms with Crippen LogP contribution in [0.25, 0.3) is 0 Å². The normalized spacial score (nSPS) is 7.62. The molecule has 0 spiro atoms. The predicted molar refractivity (Wildman–Crippen MR) is 28.1 cm³/mol. The van der Waals surface area contributed by atoms with Gasteiger partial charge in [-0.2, -0.15) is 6.07 Å². The van der Waals surface area contributed by atoms with E-state index in [4.69, 9.17) is 11.6 Å². The Morgan fingerprint density at radius 2 is 2.38 bits per heavy atom. The summed E-state index contributed by atoms with van der Waals surface area (Å²) in [6.45, 7) is 0. The summed E-state index contributed by atoms with van der Waals surface area (Å²) in [5, 5.41) is 0.558. The van der Waals surface area contributed by atoms with Crippen LogP contribution in [0.4, 0.5) is 0 Å². The molecule has 0 aliphatic heterocycles. The Balaban J connectivity index is 0.000000490. The fourth-order valence-electron chi connectivity index (χ4n) is 0.307. The van der Waals surface area contributed by atoms with Crippen LogP contribution in [0, 0.1) is 6.20 Å². The number of pyridine rings is 1. The Morgan fingerprint density at radius 1 is 1.62 bits per heavy atom. The Labute approximate surface area is 65.8 Å². The van der Waals surface area contributed by atoms with Crippen LogP contribution in [0.3, 0.4) is 0 Å². The summed E-state index contributed by atoms with van der Waals surface area (Å²) in [4.78, 5) is 3.63. The molecule has 38 valence electrons. The second kappa shape index (κ2) is 3.99.